The third-order valence-electron chi connectivity index (χ3n) is 3.25. The Balaban J connectivity index is 2.16. The van der Waals surface area contributed by atoms with E-state index in [4.69, 9.17) is 4.74 Å². The zero-order valence-corrected chi connectivity index (χ0v) is 11.4. The van der Waals surface area contributed by atoms with Gasteiger partial charge in [-0.2, -0.15) is 5.10 Å². The standard InChI is InChI=1S/C12H20N4O3/c1-3-7-15-12(11(16(17)18)9(2)14-15)19-8-10-5-4-6-13-10/h10,13H,3-8H2,1-2H3. The predicted octanol–water partition coefficient (Wildman–Crippen LogP) is 1.64. The lowest BCUT2D eigenvalue weighted by Gasteiger charge is -2.12. The second-order valence-corrected chi connectivity index (χ2v) is 4.82. The van der Waals surface area contributed by atoms with Crippen LogP contribution in [0.1, 0.15) is 31.9 Å². The van der Waals surface area contributed by atoms with E-state index in [9.17, 15) is 10.1 Å². The maximum Gasteiger partial charge on any atom is 0.353 e. The molecule has 1 atom stereocenters. The lowest BCUT2D eigenvalue weighted by molar-refractivity contribution is -0.386. The fourth-order valence-electron chi connectivity index (χ4n) is 2.35. The van der Waals surface area contributed by atoms with Gasteiger partial charge in [0, 0.05) is 12.6 Å². The van der Waals surface area contributed by atoms with E-state index in [2.05, 4.69) is 10.4 Å². The number of rotatable bonds is 6. The molecule has 0 spiro atoms. The summed E-state index contributed by atoms with van der Waals surface area (Å²) >= 11 is 0. The summed E-state index contributed by atoms with van der Waals surface area (Å²) in [6, 6.07) is 0.282. The molecule has 1 saturated heterocycles. The first-order valence-electron chi connectivity index (χ1n) is 6.71. The fourth-order valence-corrected chi connectivity index (χ4v) is 2.35. The van der Waals surface area contributed by atoms with Crippen molar-refractivity contribution in [2.24, 2.45) is 0 Å². The number of hydrogen-bond donors (Lipinski definition) is 1. The SMILES string of the molecule is CCCn1nc(C)c([N+](=O)[O-])c1OCC1CCCN1. The normalized spacial score (nSPS) is 18.7. The number of aryl methyl sites for hydroxylation is 2. The van der Waals surface area contributed by atoms with Gasteiger partial charge in [-0.05, 0) is 32.7 Å². The van der Waals surface area contributed by atoms with Crippen molar-refractivity contribution in [2.75, 3.05) is 13.2 Å². The predicted molar refractivity (Wildman–Crippen MR) is 70.4 cm³/mol. The Kier molecular flexibility index (Phi) is 4.36. The highest BCUT2D eigenvalue weighted by Gasteiger charge is 2.27. The van der Waals surface area contributed by atoms with E-state index < -0.39 is 4.92 Å². The van der Waals surface area contributed by atoms with Crippen LogP contribution in [-0.2, 0) is 6.54 Å². The van der Waals surface area contributed by atoms with Gasteiger partial charge in [0.25, 0.3) is 5.88 Å². The molecule has 1 aliphatic rings. The van der Waals surface area contributed by atoms with E-state index in [1.54, 1.807) is 11.6 Å². The molecule has 7 nitrogen and oxygen atoms in total. The van der Waals surface area contributed by atoms with Crippen molar-refractivity contribution in [3.63, 3.8) is 0 Å². The molecule has 1 fully saturated rings. The Hall–Kier alpha value is -1.63. The quantitative estimate of drug-likeness (QED) is 0.626. The number of nitrogens with one attached hydrogen (secondary N) is 1. The van der Waals surface area contributed by atoms with Crippen molar-refractivity contribution in [3.8, 4) is 5.88 Å². The van der Waals surface area contributed by atoms with Crippen LogP contribution in [-0.4, -0.2) is 33.9 Å². The van der Waals surface area contributed by atoms with E-state index >= 15 is 0 Å². The zero-order chi connectivity index (χ0) is 13.8. The van der Waals surface area contributed by atoms with Crippen LogP contribution < -0.4 is 10.1 Å². The Morgan fingerprint density at radius 2 is 2.42 bits per heavy atom. The number of aromatic nitrogens is 2. The van der Waals surface area contributed by atoms with Crippen molar-refractivity contribution in [1.82, 2.24) is 15.1 Å². The number of nitro groups is 1. The minimum atomic E-state index is -0.411. The van der Waals surface area contributed by atoms with E-state index in [-0.39, 0.29) is 17.6 Å². The first kappa shape index (κ1) is 13.8. The fraction of sp³-hybridized carbons (Fsp3) is 0.750. The molecular weight excluding hydrogens is 248 g/mol. The van der Waals surface area contributed by atoms with Gasteiger partial charge >= 0.3 is 5.69 Å². The second kappa shape index (κ2) is 6.01. The molecule has 1 unspecified atom stereocenters. The molecule has 19 heavy (non-hydrogen) atoms. The molecule has 1 aliphatic heterocycles. The third-order valence-corrected chi connectivity index (χ3v) is 3.25. The van der Waals surface area contributed by atoms with E-state index in [0.29, 0.717) is 18.8 Å². The van der Waals surface area contributed by atoms with Gasteiger partial charge in [-0.1, -0.05) is 6.92 Å². The van der Waals surface area contributed by atoms with E-state index in [0.717, 1.165) is 25.8 Å². The molecule has 2 heterocycles. The largest absolute Gasteiger partial charge is 0.471 e. The first-order chi connectivity index (χ1) is 9.13. The molecule has 2 rings (SSSR count). The summed E-state index contributed by atoms with van der Waals surface area (Å²) in [7, 11) is 0. The molecule has 0 aromatic carbocycles. The maximum atomic E-state index is 11.1. The van der Waals surface area contributed by atoms with E-state index in [1.807, 2.05) is 6.92 Å². The highest BCUT2D eigenvalue weighted by Crippen LogP contribution is 2.31. The molecular formula is C12H20N4O3. The van der Waals surface area contributed by atoms with Gasteiger partial charge in [-0.15, -0.1) is 0 Å². The van der Waals surface area contributed by atoms with Crippen LogP contribution in [0.25, 0.3) is 0 Å². The highest BCUT2D eigenvalue weighted by molar-refractivity contribution is 5.45. The van der Waals surface area contributed by atoms with Gasteiger partial charge in [0.2, 0.25) is 0 Å². The summed E-state index contributed by atoms with van der Waals surface area (Å²) in [5, 5.41) is 18.6. The van der Waals surface area contributed by atoms with Crippen LogP contribution in [0.5, 0.6) is 5.88 Å². The third kappa shape index (κ3) is 3.04. The molecule has 1 aromatic rings. The summed E-state index contributed by atoms with van der Waals surface area (Å²) in [5.41, 5.74) is 0.402. The van der Waals surface area contributed by atoms with Gasteiger partial charge in [0.15, 0.2) is 0 Å². The minimum absolute atomic E-state index is 0.00792. The average molecular weight is 268 g/mol. The number of nitrogens with zero attached hydrogens (tertiary/aromatic N) is 3. The summed E-state index contributed by atoms with van der Waals surface area (Å²) in [6.07, 6.45) is 3.04. The molecule has 0 bridgehead atoms. The lowest BCUT2D eigenvalue weighted by atomic mass is 10.2. The lowest BCUT2D eigenvalue weighted by Crippen LogP contribution is -2.28. The molecule has 1 aromatic heterocycles. The first-order valence-corrected chi connectivity index (χ1v) is 6.71. The van der Waals surface area contributed by atoms with Crippen LogP contribution in [0.3, 0.4) is 0 Å². The molecule has 0 amide bonds. The van der Waals surface area contributed by atoms with Gasteiger partial charge in [0.1, 0.15) is 12.3 Å². The summed E-state index contributed by atoms with van der Waals surface area (Å²) in [4.78, 5) is 10.7. The molecule has 0 aliphatic carbocycles. The summed E-state index contributed by atoms with van der Waals surface area (Å²) in [6.45, 7) is 5.72. The molecule has 0 radical (unpaired) electrons. The molecule has 0 saturated carbocycles. The average Bonchev–Trinajstić information content (AvgIpc) is 2.95. The summed E-state index contributed by atoms with van der Waals surface area (Å²) in [5.74, 6) is 0.290. The smallest absolute Gasteiger partial charge is 0.353 e. The monoisotopic (exact) mass is 268 g/mol. The van der Waals surface area contributed by atoms with Gasteiger partial charge < -0.3 is 10.1 Å². The van der Waals surface area contributed by atoms with Crippen molar-refractivity contribution in [1.29, 1.82) is 0 Å². The van der Waals surface area contributed by atoms with Crippen molar-refractivity contribution in [2.45, 2.75) is 45.7 Å². The number of ether oxygens (including phenoxy) is 1. The van der Waals surface area contributed by atoms with Gasteiger partial charge in [-0.3, -0.25) is 10.1 Å². The van der Waals surface area contributed by atoms with Gasteiger partial charge in [-0.25, -0.2) is 4.68 Å². The van der Waals surface area contributed by atoms with Crippen molar-refractivity contribution < 1.29 is 9.66 Å². The maximum absolute atomic E-state index is 11.1. The van der Waals surface area contributed by atoms with Crippen LogP contribution in [0, 0.1) is 17.0 Å². The minimum Gasteiger partial charge on any atom is -0.471 e. The Bertz CT molecular complexity index is 452. The highest BCUT2D eigenvalue weighted by atomic mass is 16.6. The van der Waals surface area contributed by atoms with Crippen LogP contribution >= 0.6 is 0 Å². The van der Waals surface area contributed by atoms with Crippen LogP contribution in [0.4, 0.5) is 5.69 Å². The molecule has 106 valence electrons. The summed E-state index contributed by atoms with van der Waals surface area (Å²) < 4.78 is 7.28. The Morgan fingerprint density at radius 1 is 1.63 bits per heavy atom. The van der Waals surface area contributed by atoms with Crippen molar-refractivity contribution >= 4 is 5.69 Å². The molecule has 7 heteroatoms. The molecule has 1 N–H and O–H groups in total. The van der Waals surface area contributed by atoms with E-state index in [1.165, 1.54) is 0 Å². The number of hydrogen-bond acceptors (Lipinski definition) is 5. The Morgan fingerprint density at radius 3 is 3.00 bits per heavy atom. The zero-order valence-electron chi connectivity index (χ0n) is 11.4. The second-order valence-electron chi connectivity index (χ2n) is 4.82. The topological polar surface area (TPSA) is 82.2 Å². The van der Waals surface area contributed by atoms with Gasteiger partial charge in [0.05, 0.1) is 4.92 Å². The van der Waals surface area contributed by atoms with Crippen LogP contribution in [0.2, 0.25) is 0 Å². The van der Waals surface area contributed by atoms with Crippen LogP contribution in [0.15, 0.2) is 0 Å². The Labute approximate surface area is 112 Å². The van der Waals surface area contributed by atoms with Crippen molar-refractivity contribution in [3.05, 3.63) is 15.8 Å².